The van der Waals surface area contributed by atoms with Crippen molar-refractivity contribution in [3.63, 3.8) is 0 Å². The average molecular weight is 470 g/mol. The third-order valence-electron chi connectivity index (χ3n) is 4.94. The van der Waals surface area contributed by atoms with E-state index in [0.717, 1.165) is 6.20 Å². The Kier molecular flexibility index (Phi) is 8.26. The van der Waals surface area contributed by atoms with E-state index in [1.165, 1.54) is 30.3 Å². The number of methoxy groups -OCH3 is 1. The minimum atomic E-state index is -1.13. The van der Waals surface area contributed by atoms with Gasteiger partial charge in [0.25, 0.3) is 5.91 Å². The molecule has 178 valence electrons. The van der Waals surface area contributed by atoms with Gasteiger partial charge in [-0.2, -0.15) is 0 Å². The molecule has 0 spiro atoms. The van der Waals surface area contributed by atoms with Crippen molar-refractivity contribution in [2.75, 3.05) is 19.0 Å². The molecule has 3 aromatic rings. The summed E-state index contributed by atoms with van der Waals surface area (Å²) < 4.78 is 39.0. The molecule has 1 atom stereocenters. The Morgan fingerprint density at radius 2 is 1.79 bits per heavy atom. The standard InChI is InChI=1S/C25H24F2N2O5/c1-15(14-33-2)34-19-11-16(6-8-20-21(26)4-3-5-22(20)27)10-18(12-19)24(30)29-23-9-7-17(13-28-23)25(31)32/h3-5,7,9-13,15H,6,8,14H2,1-2H3,(H,31,32)(H,28,29,30)/t15-/m0/s1. The zero-order valence-electron chi connectivity index (χ0n) is 18.7. The van der Waals surface area contributed by atoms with Crippen molar-refractivity contribution in [2.24, 2.45) is 0 Å². The fraction of sp³-hybridized carbons (Fsp3) is 0.240. The van der Waals surface area contributed by atoms with Crippen molar-refractivity contribution in [3.8, 4) is 5.75 Å². The highest BCUT2D eigenvalue weighted by Gasteiger charge is 2.15. The number of halogens is 2. The molecular weight excluding hydrogens is 446 g/mol. The number of amides is 1. The maximum Gasteiger partial charge on any atom is 0.337 e. The lowest BCUT2D eigenvalue weighted by atomic mass is 10.0. The number of ether oxygens (including phenoxy) is 2. The molecule has 7 nitrogen and oxygen atoms in total. The number of hydrogen-bond acceptors (Lipinski definition) is 5. The van der Waals surface area contributed by atoms with Crippen molar-refractivity contribution in [1.82, 2.24) is 4.98 Å². The summed E-state index contributed by atoms with van der Waals surface area (Å²) in [4.78, 5) is 27.8. The highest BCUT2D eigenvalue weighted by atomic mass is 19.1. The molecule has 0 radical (unpaired) electrons. The van der Waals surface area contributed by atoms with Gasteiger partial charge in [0, 0.05) is 24.4 Å². The van der Waals surface area contributed by atoms with E-state index in [2.05, 4.69) is 10.3 Å². The molecule has 0 aliphatic rings. The summed E-state index contributed by atoms with van der Waals surface area (Å²) in [6.07, 6.45) is 1.19. The predicted molar refractivity (Wildman–Crippen MR) is 121 cm³/mol. The van der Waals surface area contributed by atoms with Gasteiger partial charge in [-0.1, -0.05) is 6.07 Å². The second-order valence-electron chi connectivity index (χ2n) is 7.64. The molecule has 0 saturated carbocycles. The molecule has 2 aromatic carbocycles. The Labute approximate surface area is 195 Å². The summed E-state index contributed by atoms with van der Waals surface area (Å²) in [6.45, 7) is 2.13. The number of carbonyl (C=O) groups is 2. The molecule has 34 heavy (non-hydrogen) atoms. The Balaban J connectivity index is 1.84. The fourth-order valence-corrected chi connectivity index (χ4v) is 3.33. The number of benzene rings is 2. The molecule has 1 aromatic heterocycles. The van der Waals surface area contributed by atoms with Gasteiger partial charge in [-0.05, 0) is 67.8 Å². The van der Waals surface area contributed by atoms with E-state index in [0.29, 0.717) is 17.9 Å². The van der Waals surface area contributed by atoms with Gasteiger partial charge in [0.1, 0.15) is 29.3 Å². The van der Waals surface area contributed by atoms with Crippen LogP contribution < -0.4 is 10.1 Å². The summed E-state index contributed by atoms with van der Waals surface area (Å²) >= 11 is 0. The average Bonchev–Trinajstić information content (AvgIpc) is 2.79. The van der Waals surface area contributed by atoms with Gasteiger partial charge in [-0.25, -0.2) is 18.6 Å². The number of aryl methyl sites for hydroxylation is 1. The summed E-state index contributed by atoms with van der Waals surface area (Å²) in [5.74, 6) is -2.32. The van der Waals surface area contributed by atoms with Crippen LogP contribution in [-0.2, 0) is 17.6 Å². The minimum absolute atomic E-state index is 0.0109. The SMILES string of the molecule is COC[C@H](C)Oc1cc(CCc2c(F)cccc2F)cc(C(=O)Nc2ccc(C(=O)O)cn2)c1. The molecule has 3 rings (SSSR count). The monoisotopic (exact) mass is 470 g/mol. The van der Waals surface area contributed by atoms with Crippen LogP contribution in [0.15, 0.2) is 54.7 Å². The summed E-state index contributed by atoms with van der Waals surface area (Å²) in [5.41, 5.74) is 0.845. The van der Waals surface area contributed by atoms with E-state index >= 15 is 0 Å². The molecule has 0 unspecified atom stereocenters. The number of aromatic carboxylic acids is 1. The quantitative estimate of drug-likeness (QED) is 0.453. The maximum absolute atomic E-state index is 14.0. The Morgan fingerprint density at radius 3 is 2.41 bits per heavy atom. The van der Waals surface area contributed by atoms with Crippen molar-refractivity contribution < 1.29 is 33.0 Å². The van der Waals surface area contributed by atoms with E-state index < -0.39 is 23.5 Å². The second kappa shape index (κ2) is 11.3. The smallest absolute Gasteiger partial charge is 0.337 e. The summed E-state index contributed by atoms with van der Waals surface area (Å²) in [5, 5.41) is 11.6. The molecule has 2 N–H and O–H groups in total. The predicted octanol–water partition coefficient (Wildman–Crippen LogP) is 4.51. The molecule has 0 bridgehead atoms. The first-order valence-corrected chi connectivity index (χ1v) is 10.5. The Bertz CT molecular complexity index is 1150. The van der Waals surface area contributed by atoms with E-state index in [-0.39, 0.29) is 41.5 Å². The van der Waals surface area contributed by atoms with Crippen LogP contribution in [0.25, 0.3) is 0 Å². The zero-order chi connectivity index (χ0) is 24.7. The first kappa shape index (κ1) is 24.8. The molecule has 9 heteroatoms. The lowest BCUT2D eigenvalue weighted by molar-refractivity contribution is 0.0696. The maximum atomic E-state index is 14.0. The van der Waals surface area contributed by atoms with E-state index in [1.807, 2.05) is 0 Å². The molecule has 0 aliphatic carbocycles. The van der Waals surface area contributed by atoms with Crippen LogP contribution in [0.3, 0.4) is 0 Å². The van der Waals surface area contributed by atoms with E-state index in [9.17, 15) is 18.4 Å². The molecule has 0 saturated heterocycles. The van der Waals surface area contributed by atoms with Crippen LogP contribution >= 0.6 is 0 Å². The van der Waals surface area contributed by atoms with Crippen LogP contribution in [-0.4, -0.2) is 41.8 Å². The highest BCUT2D eigenvalue weighted by molar-refractivity contribution is 6.04. The number of nitrogens with one attached hydrogen (secondary N) is 1. The van der Waals surface area contributed by atoms with Crippen molar-refractivity contribution >= 4 is 17.7 Å². The van der Waals surface area contributed by atoms with E-state index in [1.54, 1.807) is 32.2 Å². The molecule has 0 aliphatic heterocycles. The summed E-state index contributed by atoms with van der Waals surface area (Å²) in [6, 6.07) is 11.3. The first-order chi connectivity index (χ1) is 16.3. The molecular formula is C25H24F2N2O5. The third-order valence-corrected chi connectivity index (χ3v) is 4.94. The molecule has 1 heterocycles. The Hall–Kier alpha value is -3.85. The van der Waals surface area contributed by atoms with Gasteiger partial charge in [0.2, 0.25) is 0 Å². The van der Waals surface area contributed by atoms with Crippen LogP contribution in [0.2, 0.25) is 0 Å². The number of carbonyl (C=O) groups excluding carboxylic acids is 1. The van der Waals surface area contributed by atoms with Gasteiger partial charge in [-0.15, -0.1) is 0 Å². The van der Waals surface area contributed by atoms with Crippen molar-refractivity contribution in [1.29, 1.82) is 0 Å². The number of rotatable bonds is 10. The van der Waals surface area contributed by atoms with Crippen LogP contribution in [0, 0.1) is 11.6 Å². The van der Waals surface area contributed by atoms with Gasteiger partial charge >= 0.3 is 5.97 Å². The lowest BCUT2D eigenvalue weighted by Gasteiger charge is -2.16. The largest absolute Gasteiger partial charge is 0.488 e. The number of anilines is 1. The number of nitrogens with zero attached hydrogens (tertiary/aromatic N) is 1. The fourth-order valence-electron chi connectivity index (χ4n) is 3.33. The summed E-state index contributed by atoms with van der Waals surface area (Å²) in [7, 11) is 1.54. The minimum Gasteiger partial charge on any atom is -0.488 e. The van der Waals surface area contributed by atoms with Crippen LogP contribution in [0.5, 0.6) is 5.75 Å². The lowest BCUT2D eigenvalue weighted by Crippen LogP contribution is -2.19. The van der Waals surface area contributed by atoms with Gasteiger partial charge in [0.15, 0.2) is 0 Å². The van der Waals surface area contributed by atoms with Gasteiger partial charge < -0.3 is 19.9 Å². The van der Waals surface area contributed by atoms with Gasteiger partial charge in [0.05, 0.1) is 12.2 Å². The number of hydrogen-bond donors (Lipinski definition) is 2. The number of carboxylic acid groups (broad SMARTS) is 1. The highest BCUT2D eigenvalue weighted by Crippen LogP contribution is 2.23. The van der Waals surface area contributed by atoms with E-state index in [4.69, 9.17) is 14.6 Å². The number of carboxylic acids is 1. The zero-order valence-corrected chi connectivity index (χ0v) is 18.7. The molecule has 0 fully saturated rings. The van der Waals surface area contributed by atoms with Crippen LogP contribution in [0.1, 0.15) is 38.8 Å². The van der Waals surface area contributed by atoms with Crippen LogP contribution in [0.4, 0.5) is 14.6 Å². The van der Waals surface area contributed by atoms with Gasteiger partial charge in [-0.3, -0.25) is 4.79 Å². The van der Waals surface area contributed by atoms with Crippen molar-refractivity contribution in [2.45, 2.75) is 25.9 Å². The second-order valence-corrected chi connectivity index (χ2v) is 7.64. The molecule has 1 amide bonds. The Morgan fingerprint density at radius 1 is 1.06 bits per heavy atom. The number of pyridine rings is 1. The van der Waals surface area contributed by atoms with Crippen molar-refractivity contribution in [3.05, 3.63) is 88.6 Å². The normalized spacial score (nSPS) is 11.6. The topological polar surface area (TPSA) is 97.8 Å². The third kappa shape index (κ3) is 6.58. The first-order valence-electron chi connectivity index (χ1n) is 10.5. The number of aromatic nitrogens is 1.